The Kier molecular flexibility index (Phi) is 4.01. The first kappa shape index (κ1) is 15.8. The van der Waals surface area contributed by atoms with Gasteiger partial charge < -0.3 is 5.32 Å². The normalized spacial score (nSPS) is 13.7. The predicted molar refractivity (Wildman–Crippen MR) is 95.4 cm³/mol. The van der Waals surface area contributed by atoms with Crippen LogP contribution in [0.3, 0.4) is 0 Å². The van der Waals surface area contributed by atoms with Crippen LogP contribution in [-0.2, 0) is 0 Å². The molecule has 0 radical (unpaired) electrons. The molecule has 0 bridgehead atoms. The van der Waals surface area contributed by atoms with Crippen molar-refractivity contribution in [2.45, 2.75) is 18.8 Å². The molecule has 0 unspecified atom stereocenters. The molecule has 1 aromatic heterocycles. The van der Waals surface area contributed by atoms with Gasteiger partial charge in [0.05, 0.1) is 22.0 Å². The van der Waals surface area contributed by atoms with Crippen molar-refractivity contribution in [1.29, 1.82) is 0 Å². The van der Waals surface area contributed by atoms with Gasteiger partial charge in [-0.15, -0.1) is 0 Å². The third-order valence-corrected chi connectivity index (χ3v) is 4.58. The molecule has 2 aromatic carbocycles. The molecule has 1 fully saturated rings. The molecule has 0 aliphatic heterocycles. The number of hydrogen-bond donors (Lipinski definition) is 2. The maximum absolute atomic E-state index is 13.2. The van der Waals surface area contributed by atoms with E-state index < -0.39 is 0 Å². The molecule has 4 nitrogen and oxygen atoms in total. The van der Waals surface area contributed by atoms with Gasteiger partial charge in [-0.05, 0) is 49.2 Å². The Bertz CT molecular complexity index is 932. The van der Waals surface area contributed by atoms with Gasteiger partial charge in [-0.1, -0.05) is 23.7 Å². The number of aromatic nitrogens is 2. The van der Waals surface area contributed by atoms with Gasteiger partial charge >= 0.3 is 0 Å². The van der Waals surface area contributed by atoms with E-state index >= 15 is 0 Å². The van der Waals surface area contributed by atoms with Gasteiger partial charge in [0.2, 0.25) is 0 Å². The zero-order valence-electron chi connectivity index (χ0n) is 13.2. The first-order valence-electron chi connectivity index (χ1n) is 8.03. The largest absolute Gasteiger partial charge is 0.318 e. The number of nitrogens with zero attached hydrogens (tertiary/aromatic N) is 1. The van der Waals surface area contributed by atoms with E-state index in [1.54, 1.807) is 36.4 Å². The first-order chi connectivity index (χ1) is 12.1. The summed E-state index contributed by atoms with van der Waals surface area (Å²) in [4.78, 5) is 12.7. The number of H-pyrrole nitrogens is 1. The Morgan fingerprint density at radius 2 is 1.88 bits per heavy atom. The number of carbonyl (C=O) groups is 1. The van der Waals surface area contributed by atoms with Crippen molar-refractivity contribution < 1.29 is 9.18 Å². The summed E-state index contributed by atoms with van der Waals surface area (Å²) in [6, 6.07) is 12.9. The van der Waals surface area contributed by atoms with Crippen molar-refractivity contribution in [2.24, 2.45) is 0 Å². The highest BCUT2D eigenvalue weighted by molar-refractivity contribution is 6.34. The van der Waals surface area contributed by atoms with Crippen LogP contribution in [0, 0.1) is 5.82 Å². The molecule has 3 aromatic rings. The SMILES string of the molecule is O=C(Nc1c(-c2ccc(F)cc2)n[nH]c1C1CC1)c1ccccc1Cl. The monoisotopic (exact) mass is 355 g/mol. The van der Waals surface area contributed by atoms with Crippen LogP contribution in [-0.4, -0.2) is 16.1 Å². The lowest BCUT2D eigenvalue weighted by molar-refractivity contribution is 0.102. The van der Waals surface area contributed by atoms with Gasteiger partial charge in [-0.25, -0.2) is 4.39 Å². The summed E-state index contributed by atoms with van der Waals surface area (Å²) in [6.07, 6.45) is 2.11. The van der Waals surface area contributed by atoms with Gasteiger partial charge in [-0.2, -0.15) is 5.10 Å². The molecule has 1 aliphatic carbocycles. The van der Waals surface area contributed by atoms with E-state index in [0.717, 1.165) is 24.1 Å². The van der Waals surface area contributed by atoms with E-state index in [1.807, 2.05) is 0 Å². The van der Waals surface area contributed by atoms with E-state index in [2.05, 4.69) is 15.5 Å². The average molecular weight is 356 g/mol. The Morgan fingerprint density at radius 3 is 2.56 bits per heavy atom. The molecule has 1 saturated carbocycles. The van der Waals surface area contributed by atoms with Crippen LogP contribution < -0.4 is 5.32 Å². The summed E-state index contributed by atoms with van der Waals surface area (Å²) in [5.74, 6) is -0.246. The fraction of sp³-hybridized carbons (Fsp3) is 0.158. The van der Waals surface area contributed by atoms with Crippen LogP contribution in [0.15, 0.2) is 48.5 Å². The minimum Gasteiger partial charge on any atom is -0.318 e. The Labute approximate surface area is 149 Å². The van der Waals surface area contributed by atoms with E-state index in [-0.39, 0.29) is 11.7 Å². The summed E-state index contributed by atoms with van der Waals surface area (Å²) >= 11 is 6.12. The molecule has 2 N–H and O–H groups in total. The Balaban J connectivity index is 1.72. The molecule has 1 heterocycles. The fourth-order valence-corrected chi connectivity index (χ4v) is 3.01. The maximum atomic E-state index is 13.2. The molecule has 25 heavy (non-hydrogen) atoms. The highest BCUT2D eigenvalue weighted by Gasteiger charge is 2.31. The molecule has 6 heteroatoms. The third-order valence-electron chi connectivity index (χ3n) is 4.25. The number of anilines is 1. The number of carbonyl (C=O) groups excluding carboxylic acids is 1. The minimum atomic E-state index is -0.316. The fourth-order valence-electron chi connectivity index (χ4n) is 2.79. The third kappa shape index (κ3) is 3.15. The number of aromatic amines is 1. The molecule has 1 amide bonds. The second-order valence-corrected chi connectivity index (χ2v) is 6.48. The van der Waals surface area contributed by atoms with Crippen LogP contribution in [0.4, 0.5) is 10.1 Å². The number of nitrogens with one attached hydrogen (secondary N) is 2. The van der Waals surface area contributed by atoms with Gasteiger partial charge in [0.1, 0.15) is 11.5 Å². The predicted octanol–water partition coefficient (Wildman–Crippen LogP) is 5.00. The topological polar surface area (TPSA) is 57.8 Å². The zero-order valence-corrected chi connectivity index (χ0v) is 14.0. The van der Waals surface area contributed by atoms with Crippen molar-refractivity contribution >= 4 is 23.2 Å². The zero-order chi connectivity index (χ0) is 17.4. The highest BCUT2D eigenvalue weighted by atomic mass is 35.5. The molecule has 1 aliphatic rings. The Morgan fingerprint density at radius 1 is 1.16 bits per heavy atom. The smallest absolute Gasteiger partial charge is 0.257 e. The van der Waals surface area contributed by atoms with E-state index in [4.69, 9.17) is 11.6 Å². The van der Waals surface area contributed by atoms with Gasteiger partial charge in [0.15, 0.2) is 0 Å². The summed E-state index contributed by atoms with van der Waals surface area (Å²) in [6.45, 7) is 0. The van der Waals surface area contributed by atoms with Gasteiger partial charge in [0, 0.05) is 11.5 Å². The van der Waals surface area contributed by atoms with E-state index in [0.29, 0.717) is 27.9 Å². The van der Waals surface area contributed by atoms with Crippen LogP contribution in [0.25, 0.3) is 11.3 Å². The number of halogens is 2. The number of rotatable bonds is 4. The standard InChI is InChI=1S/C19H15ClFN3O/c20-15-4-2-1-3-14(15)19(25)22-18-16(11-5-6-11)23-24-17(18)12-7-9-13(21)10-8-12/h1-4,7-11H,5-6H2,(H,22,25)(H,23,24). The maximum Gasteiger partial charge on any atom is 0.257 e. The van der Waals surface area contributed by atoms with Crippen LogP contribution >= 0.6 is 11.6 Å². The molecule has 126 valence electrons. The highest BCUT2D eigenvalue weighted by Crippen LogP contribution is 2.45. The molecule has 0 spiro atoms. The summed E-state index contributed by atoms with van der Waals surface area (Å²) in [5, 5.41) is 10.7. The summed E-state index contributed by atoms with van der Waals surface area (Å²) in [5.41, 5.74) is 3.28. The van der Waals surface area contributed by atoms with Crippen molar-refractivity contribution in [3.8, 4) is 11.3 Å². The summed E-state index contributed by atoms with van der Waals surface area (Å²) < 4.78 is 13.2. The van der Waals surface area contributed by atoms with Gasteiger partial charge in [-0.3, -0.25) is 9.89 Å². The van der Waals surface area contributed by atoms with Crippen molar-refractivity contribution in [3.05, 3.63) is 70.6 Å². The molecule has 0 saturated heterocycles. The molecular formula is C19H15ClFN3O. The van der Waals surface area contributed by atoms with Gasteiger partial charge in [0.25, 0.3) is 5.91 Å². The Hall–Kier alpha value is -2.66. The first-order valence-corrected chi connectivity index (χ1v) is 8.41. The van der Waals surface area contributed by atoms with E-state index in [1.165, 1.54) is 12.1 Å². The van der Waals surface area contributed by atoms with E-state index in [9.17, 15) is 9.18 Å². The second-order valence-electron chi connectivity index (χ2n) is 6.08. The average Bonchev–Trinajstić information content (AvgIpc) is 3.37. The molecule has 0 atom stereocenters. The number of benzene rings is 2. The quantitative estimate of drug-likeness (QED) is 0.692. The number of hydrogen-bond acceptors (Lipinski definition) is 2. The molecule has 4 rings (SSSR count). The van der Waals surface area contributed by atoms with Crippen molar-refractivity contribution in [3.63, 3.8) is 0 Å². The number of amides is 1. The van der Waals surface area contributed by atoms with Crippen LogP contribution in [0.2, 0.25) is 5.02 Å². The molecular weight excluding hydrogens is 341 g/mol. The summed E-state index contributed by atoms with van der Waals surface area (Å²) in [7, 11) is 0. The second kappa shape index (κ2) is 6.33. The minimum absolute atomic E-state index is 0.294. The van der Waals surface area contributed by atoms with Crippen molar-refractivity contribution in [2.75, 3.05) is 5.32 Å². The van der Waals surface area contributed by atoms with Crippen molar-refractivity contribution in [1.82, 2.24) is 10.2 Å². The van der Waals surface area contributed by atoms with Crippen LogP contribution in [0.5, 0.6) is 0 Å². The van der Waals surface area contributed by atoms with Crippen LogP contribution in [0.1, 0.15) is 34.8 Å². The lowest BCUT2D eigenvalue weighted by Gasteiger charge is -2.09. The lowest BCUT2D eigenvalue weighted by Crippen LogP contribution is -2.13. The lowest BCUT2D eigenvalue weighted by atomic mass is 10.1.